The molecule has 4 rings (SSSR count). The van der Waals surface area contributed by atoms with Crippen molar-refractivity contribution in [3.05, 3.63) is 23.3 Å². The lowest BCUT2D eigenvalue weighted by atomic mass is 9.79. The van der Waals surface area contributed by atoms with Crippen LogP contribution in [0.4, 0.5) is 0 Å². The summed E-state index contributed by atoms with van der Waals surface area (Å²) in [7, 11) is 0. The predicted molar refractivity (Wildman–Crippen MR) is 65.8 cm³/mol. The molecule has 0 N–H and O–H groups in total. The van der Waals surface area contributed by atoms with Gasteiger partial charge in [-0.25, -0.2) is 4.79 Å². The Hall–Kier alpha value is -1.09. The molecule has 0 saturated carbocycles. The van der Waals surface area contributed by atoms with Gasteiger partial charge in [-0.1, -0.05) is 19.1 Å². The lowest BCUT2D eigenvalue weighted by molar-refractivity contribution is -0.143. The van der Waals surface area contributed by atoms with Crippen LogP contribution in [-0.4, -0.2) is 23.8 Å². The zero-order valence-corrected chi connectivity index (χ0v) is 10.9. The van der Waals surface area contributed by atoms with E-state index in [1.807, 2.05) is 0 Å². The summed E-state index contributed by atoms with van der Waals surface area (Å²) in [5.74, 6) is 0.349. The Labute approximate surface area is 107 Å². The topological polar surface area (TPSA) is 35.5 Å². The van der Waals surface area contributed by atoms with Gasteiger partial charge in [0.1, 0.15) is 6.10 Å². The van der Waals surface area contributed by atoms with Gasteiger partial charge in [0.2, 0.25) is 0 Å². The molecule has 3 aliphatic heterocycles. The second-order valence-electron chi connectivity index (χ2n) is 6.25. The Morgan fingerprint density at radius 1 is 1.44 bits per heavy atom. The summed E-state index contributed by atoms with van der Waals surface area (Å²) < 4.78 is 12.0. The van der Waals surface area contributed by atoms with Crippen LogP contribution < -0.4 is 0 Å². The van der Waals surface area contributed by atoms with Crippen molar-refractivity contribution in [1.82, 2.24) is 0 Å². The van der Waals surface area contributed by atoms with Gasteiger partial charge in [0.05, 0.1) is 17.6 Å². The minimum absolute atomic E-state index is 0.0543. The predicted octanol–water partition coefficient (Wildman–Crippen LogP) is 2.37. The third-order valence-electron chi connectivity index (χ3n) is 5.44. The fraction of sp³-hybridized carbons (Fsp3) is 0.667. The maximum Gasteiger partial charge on any atom is 0.334 e. The van der Waals surface area contributed by atoms with Gasteiger partial charge in [-0.15, -0.1) is 0 Å². The van der Waals surface area contributed by atoms with Crippen LogP contribution in [0.5, 0.6) is 0 Å². The molecular weight excluding hydrogens is 228 g/mol. The number of fused-ring (bicyclic) bond motifs is 4. The quantitative estimate of drug-likeness (QED) is 0.374. The molecule has 18 heavy (non-hydrogen) atoms. The van der Waals surface area contributed by atoms with Gasteiger partial charge in [0.25, 0.3) is 0 Å². The van der Waals surface area contributed by atoms with Gasteiger partial charge in [-0.2, -0.15) is 0 Å². The molecule has 3 fully saturated rings. The molecule has 2 bridgehead atoms. The second-order valence-corrected chi connectivity index (χ2v) is 6.25. The Balaban J connectivity index is 1.90. The monoisotopic (exact) mass is 246 g/mol. The van der Waals surface area contributed by atoms with E-state index >= 15 is 0 Å². The summed E-state index contributed by atoms with van der Waals surface area (Å²) in [4.78, 5) is 11.8. The second kappa shape index (κ2) is 3.08. The first-order valence-corrected chi connectivity index (χ1v) is 6.82. The smallest absolute Gasteiger partial charge is 0.334 e. The molecular formula is C15H18O3. The highest BCUT2D eigenvalue weighted by molar-refractivity contribution is 5.91. The van der Waals surface area contributed by atoms with Crippen LogP contribution in [-0.2, 0) is 14.3 Å². The Bertz CT molecular complexity index is 504. The van der Waals surface area contributed by atoms with E-state index in [4.69, 9.17) is 9.47 Å². The van der Waals surface area contributed by atoms with Crippen LogP contribution in [0, 0.1) is 11.8 Å². The van der Waals surface area contributed by atoms with Gasteiger partial charge in [0, 0.05) is 11.1 Å². The normalized spacial score (nSPS) is 49.4. The maximum absolute atomic E-state index is 11.8. The summed E-state index contributed by atoms with van der Waals surface area (Å²) in [6.45, 7) is 8.35. The first kappa shape index (κ1) is 10.8. The zero-order chi connectivity index (χ0) is 12.7. The van der Waals surface area contributed by atoms with Gasteiger partial charge < -0.3 is 9.47 Å². The number of rotatable bonds is 0. The first-order valence-electron chi connectivity index (χ1n) is 6.82. The molecule has 3 heterocycles. The number of hydrogen-bond acceptors (Lipinski definition) is 3. The van der Waals surface area contributed by atoms with E-state index in [0.29, 0.717) is 11.5 Å². The Kier molecular flexibility index (Phi) is 1.85. The molecule has 0 aromatic heterocycles. The third kappa shape index (κ3) is 0.993. The third-order valence-corrected chi connectivity index (χ3v) is 5.44. The molecule has 3 heteroatoms. The highest BCUT2D eigenvalue weighted by atomic mass is 16.6. The fourth-order valence-corrected chi connectivity index (χ4v) is 4.56. The minimum Gasteiger partial charge on any atom is -0.454 e. The minimum atomic E-state index is -0.226. The molecule has 3 saturated heterocycles. The van der Waals surface area contributed by atoms with Crippen LogP contribution in [0.15, 0.2) is 23.3 Å². The lowest BCUT2D eigenvalue weighted by Gasteiger charge is -2.40. The molecule has 1 spiro atoms. The number of carbonyl (C=O) groups is 1. The Morgan fingerprint density at radius 2 is 2.22 bits per heavy atom. The van der Waals surface area contributed by atoms with Gasteiger partial charge in [0.15, 0.2) is 0 Å². The van der Waals surface area contributed by atoms with Crippen molar-refractivity contribution in [3.8, 4) is 0 Å². The van der Waals surface area contributed by atoms with Crippen LogP contribution in [0.2, 0.25) is 0 Å². The van der Waals surface area contributed by atoms with E-state index in [0.717, 1.165) is 19.3 Å². The average Bonchev–Trinajstić information content (AvgIpc) is 2.89. The molecule has 0 aromatic carbocycles. The van der Waals surface area contributed by atoms with E-state index in [-0.39, 0.29) is 29.7 Å². The Morgan fingerprint density at radius 3 is 3.00 bits per heavy atom. The van der Waals surface area contributed by atoms with Crippen molar-refractivity contribution < 1.29 is 14.3 Å². The van der Waals surface area contributed by atoms with E-state index in [2.05, 4.69) is 20.4 Å². The molecule has 0 aromatic rings. The van der Waals surface area contributed by atoms with Crippen molar-refractivity contribution in [2.45, 2.75) is 50.9 Å². The van der Waals surface area contributed by atoms with Crippen LogP contribution in [0.3, 0.4) is 0 Å². The largest absolute Gasteiger partial charge is 0.454 e. The number of allylic oxidation sites excluding steroid dienone is 1. The van der Waals surface area contributed by atoms with Crippen molar-refractivity contribution >= 4 is 5.97 Å². The highest BCUT2D eigenvalue weighted by Gasteiger charge is 2.64. The number of esters is 1. The van der Waals surface area contributed by atoms with Crippen molar-refractivity contribution in [3.63, 3.8) is 0 Å². The first-order chi connectivity index (χ1) is 8.54. The van der Waals surface area contributed by atoms with Crippen molar-refractivity contribution in [1.29, 1.82) is 0 Å². The maximum atomic E-state index is 11.8. The number of hydrogen-bond donors (Lipinski definition) is 0. The summed E-state index contributed by atoms with van der Waals surface area (Å²) >= 11 is 0. The summed E-state index contributed by atoms with van der Waals surface area (Å²) in [5.41, 5.74) is 3.10. The van der Waals surface area contributed by atoms with Crippen LogP contribution in [0.25, 0.3) is 0 Å². The lowest BCUT2D eigenvalue weighted by Crippen LogP contribution is -2.47. The molecule has 3 nitrogen and oxygen atoms in total. The van der Waals surface area contributed by atoms with Gasteiger partial charge >= 0.3 is 5.97 Å². The van der Waals surface area contributed by atoms with Crippen LogP contribution >= 0.6 is 0 Å². The molecule has 0 radical (unpaired) electrons. The summed E-state index contributed by atoms with van der Waals surface area (Å²) in [6, 6.07) is 0. The SMILES string of the molecule is C=C1C(=O)O[C@H]2C3=C(C)CC[C@@]34O[C@H](C[C@@H]4C)[C@H]12. The molecule has 96 valence electrons. The summed E-state index contributed by atoms with van der Waals surface area (Å²) in [6.07, 6.45) is 3.18. The number of ether oxygens (including phenoxy) is 2. The molecule has 4 aliphatic rings. The van der Waals surface area contributed by atoms with Crippen LogP contribution in [0.1, 0.15) is 33.1 Å². The average molecular weight is 246 g/mol. The van der Waals surface area contributed by atoms with E-state index in [1.54, 1.807) is 0 Å². The molecule has 0 amide bonds. The van der Waals surface area contributed by atoms with E-state index < -0.39 is 0 Å². The fourth-order valence-electron chi connectivity index (χ4n) is 4.56. The van der Waals surface area contributed by atoms with Crippen molar-refractivity contribution in [2.24, 2.45) is 11.8 Å². The van der Waals surface area contributed by atoms with E-state index in [9.17, 15) is 4.79 Å². The summed E-state index contributed by atoms with van der Waals surface area (Å²) in [5, 5.41) is 0. The molecule has 1 aliphatic carbocycles. The van der Waals surface area contributed by atoms with Crippen molar-refractivity contribution in [2.75, 3.05) is 0 Å². The van der Waals surface area contributed by atoms with E-state index in [1.165, 1.54) is 11.1 Å². The van der Waals surface area contributed by atoms with Gasteiger partial charge in [-0.3, -0.25) is 0 Å². The van der Waals surface area contributed by atoms with Gasteiger partial charge in [-0.05, 0) is 32.1 Å². The number of carbonyl (C=O) groups excluding carboxylic acids is 1. The molecule has 0 unspecified atom stereocenters. The molecule has 5 atom stereocenters. The highest BCUT2D eigenvalue weighted by Crippen LogP contribution is 2.60. The standard InChI is InChI=1S/C15H18O3/c1-7-4-5-15-8(2)6-10(18-15)11-9(3)14(16)17-13(11)12(7)15/h8,10-11,13H,3-6H2,1-2H3/t8-,10+,11-,13+,15-/m0/s1. The zero-order valence-electron chi connectivity index (χ0n) is 10.9.